The van der Waals surface area contributed by atoms with Crippen LogP contribution in [0.25, 0.3) is 0 Å². The summed E-state index contributed by atoms with van der Waals surface area (Å²) in [6.07, 6.45) is 5.06. The van der Waals surface area contributed by atoms with Gasteiger partial charge in [-0.2, -0.15) is 0 Å². The smallest absolute Gasteiger partial charge is 0.153 e. The lowest BCUT2D eigenvalue weighted by Gasteiger charge is -2.38. The molecule has 1 aliphatic carbocycles. The molecule has 0 atom stereocenters. The van der Waals surface area contributed by atoms with Crippen LogP contribution < -0.4 is 5.73 Å². The number of nitrogens with two attached hydrogens (primary N) is 1. The van der Waals surface area contributed by atoms with Crippen LogP contribution in [0.1, 0.15) is 46.5 Å². The Hall–Kier alpha value is -0.770. The molecule has 0 bridgehead atoms. The van der Waals surface area contributed by atoms with Crippen LogP contribution in [-0.4, -0.2) is 34.6 Å². The van der Waals surface area contributed by atoms with Gasteiger partial charge in [0.2, 0.25) is 0 Å². The van der Waals surface area contributed by atoms with E-state index < -0.39 is 0 Å². The molecule has 1 saturated carbocycles. The van der Waals surface area contributed by atoms with Crippen LogP contribution in [0.5, 0.6) is 0 Å². The zero-order chi connectivity index (χ0) is 12.1. The predicted octanol–water partition coefficient (Wildman–Crippen LogP) is 2.02. The molecular formula is C12H25N3O. The van der Waals surface area contributed by atoms with Gasteiger partial charge in [0.15, 0.2) is 5.84 Å². The molecular weight excluding hydrogens is 202 g/mol. The van der Waals surface area contributed by atoms with Crippen molar-refractivity contribution >= 4 is 5.84 Å². The first kappa shape index (κ1) is 13.3. The molecule has 0 aromatic carbocycles. The quantitative estimate of drug-likeness (QED) is 0.334. The van der Waals surface area contributed by atoms with E-state index >= 15 is 0 Å². The summed E-state index contributed by atoms with van der Waals surface area (Å²) in [6.45, 7) is 7.23. The minimum absolute atomic E-state index is 0.312. The van der Waals surface area contributed by atoms with E-state index in [1.807, 2.05) is 0 Å². The Bertz CT molecular complexity index is 232. The summed E-state index contributed by atoms with van der Waals surface area (Å²) in [5.74, 6) is 1.17. The fourth-order valence-electron chi connectivity index (χ4n) is 2.53. The van der Waals surface area contributed by atoms with Crippen LogP contribution in [0.15, 0.2) is 5.16 Å². The second-order valence-electron chi connectivity index (χ2n) is 5.27. The fraction of sp³-hybridized carbons (Fsp3) is 0.917. The van der Waals surface area contributed by atoms with E-state index in [-0.39, 0.29) is 0 Å². The van der Waals surface area contributed by atoms with Gasteiger partial charge in [-0.3, -0.25) is 4.90 Å². The van der Waals surface area contributed by atoms with E-state index in [0.717, 1.165) is 5.92 Å². The first-order chi connectivity index (χ1) is 7.54. The van der Waals surface area contributed by atoms with Crippen molar-refractivity contribution in [3.05, 3.63) is 0 Å². The molecule has 0 heterocycles. The Morgan fingerprint density at radius 2 is 1.94 bits per heavy atom. The molecule has 16 heavy (non-hydrogen) atoms. The van der Waals surface area contributed by atoms with Gasteiger partial charge in [0.05, 0.1) is 6.54 Å². The molecule has 1 aliphatic rings. The Morgan fingerprint density at radius 1 is 1.38 bits per heavy atom. The molecule has 0 radical (unpaired) electrons. The van der Waals surface area contributed by atoms with E-state index in [4.69, 9.17) is 10.9 Å². The first-order valence-electron chi connectivity index (χ1n) is 6.26. The molecule has 0 unspecified atom stereocenters. The van der Waals surface area contributed by atoms with Gasteiger partial charge in [0.1, 0.15) is 0 Å². The standard InChI is InChI=1S/C12H25N3O/c1-9(2)15(8-12(13)14-16)11-6-4-10(3)5-7-11/h9-11,16H,4-8H2,1-3H3,(H2,13,14). The maximum absolute atomic E-state index is 8.64. The lowest BCUT2D eigenvalue weighted by atomic mass is 9.86. The average Bonchev–Trinajstić information content (AvgIpc) is 2.26. The molecule has 0 spiro atoms. The molecule has 0 amide bonds. The third-order valence-electron chi connectivity index (χ3n) is 3.59. The highest BCUT2D eigenvalue weighted by Gasteiger charge is 2.26. The number of amidine groups is 1. The second-order valence-corrected chi connectivity index (χ2v) is 5.27. The molecule has 0 aromatic rings. The van der Waals surface area contributed by atoms with Crippen molar-refractivity contribution in [3.63, 3.8) is 0 Å². The van der Waals surface area contributed by atoms with E-state index in [9.17, 15) is 0 Å². The predicted molar refractivity (Wildman–Crippen MR) is 66.7 cm³/mol. The SMILES string of the molecule is CC1CCC(N(CC(N)=NO)C(C)C)CC1. The van der Waals surface area contributed by atoms with Crippen LogP contribution in [0.2, 0.25) is 0 Å². The topological polar surface area (TPSA) is 61.8 Å². The van der Waals surface area contributed by atoms with Crippen LogP contribution >= 0.6 is 0 Å². The van der Waals surface area contributed by atoms with Gasteiger partial charge in [-0.1, -0.05) is 12.1 Å². The number of hydrogen-bond donors (Lipinski definition) is 2. The van der Waals surface area contributed by atoms with Crippen molar-refractivity contribution in [1.82, 2.24) is 4.90 Å². The summed E-state index contributed by atoms with van der Waals surface area (Å²) in [5, 5.41) is 11.7. The van der Waals surface area contributed by atoms with Crippen molar-refractivity contribution in [2.75, 3.05) is 6.54 Å². The Balaban J connectivity index is 2.56. The van der Waals surface area contributed by atoms with Crippen LogP contribution in [0, 0.1) is 5.92 Å². The van der Waals surface area contributed by atoms with Crippen molar-refractivity contribution in [2.45, 2.75) is 58.5 Å². The minimum atomic E-state index is 0.312. The Morgan fingerprint density at radius 3 is 2.38 bits per heavy atom. The third kappa shape index (κ3) is 3.67. The molecule has 94 valence electrons. The van der Waals surface area contributed by atoms with Gasteiger partial charge < -0.3 is 10.9 Å². The van der Waals surface area contributed by atoms with Crippen molar-refractivity contribution < 1.29 is 5.21 Å². The van der Waals surface area contributed by atoms with Gasteiger partial charge in [0.25, 0.3) is 0 Å². The summed E-state index contributed by atoms with van der Waals surface area (Å²) in [6, 6.07) is 1.04. The van der Waals surface area contributed by atoms with Crippen LogP contribution in [0.4, 0.5) is 0 Å². The van der Waals surface area contributed by atoms with Crippen LogP contribution in [-0.2, 0) is 0 Å². The largest absolute Gasteiger partial charge is 0.409 e. The van der Waals surface area contributed by atoms with Crippen molar-refractivity contribution in [3.8, 4) is 0 Å². The zero-order valence-corrected chi connectivity index (χ0v) is 10.7. The Labute approximate surface area is 98.5 Å². The summed E-state index contributed by atoms with van der Waals surface area (Å²) in [7, 11) is 0. The van der Waals surface area contributed by atoms with Gasteiger partial charge in [-0.15, -0.1) is 0 Å². The minimum Gasteiger partial charge on any atom is -0.409 e. The molecule has 0 aliphatic heterocycles. The first-order valence-corrected chi connectivity index (χ1v) is 6.26. The van der Waals surface area contributed by atoms with E-state index in [0.29, 0.717) is 24.5 Å². The van der Waals surface area contributed by atoms with Gasteiger partial charge in [0, 0.05) is 12.1 Å². The molecule has 0 aromatic heterocycles. The average molecular weight is 227 g/mol. The molecule has 0 saturated heterocycles. The number of nitrogens with zero attached hydrogens (tertiary/aromatic N) is 2. The van der Waals surface area contributed by atoms with Gasteiger partial charge in [-0.05, 0) is 45.4 Å². The lowest BCUT2D eigenvalue weighted by molar-refractivity contribution is 0.125. The maximum atomic E-state index is 8.64. The molecule has 3 N–H and O–H groups in total. The monoisotopic (exact) mass is 227 g/mol. The highest BCUT2D eigenvalue weighted by molar-refractivity contribution is 5.81. The van der Waals surface area contributed by atoms with Crippen molar-refractivity contribution in [2.24, 2.45) is 16.8 Å². The summed E-state index contributed by atoms with van der Waals surface area (Å²) < 4.78 is 0. The molecule has 1 fully saturated rings. The maximum Gasteiger partial charge on any atom is 0.153 e. The number of hydrogen-bond acceptors (Lipinski definition) is 3. The number of oxime groups is 1. The van der Waals surface area contributed by atoms with E-state index in [1.54, 1.807) is 0 Å². The fourth-order valence-corrected chi connectivity index (χ4v) is 2.53. The van der Waals surface area contributed by atoms with E-state index in [1.165, 1.54) is 25.7 Å². The van der Waals surface area contributed by atoms with E-state index in [2.05, 4.69) is 30.8 Å². The zero-order valence-electron chi connectivity index (χ0n) is 10.7. The molecule has 4 nitrogen and oxygen atoms in total. The highest BCUT2D eigenvalue weighted by atomic mass is 16.4. The number of rotatable bonds is 4. The van der Waals surface area contributed by atoms with Crippen molar-refractivity contribution in [1.29, 1.82) is 0 Å². The summed E-state index contributed by atoms with van der Waals surface area (Å²) >= 11 is 0. The summed E-state index contributed by atoms with van der Waals surface area (Å²) in [5.41, 5.74) is 5.60. The Kier molecular flexibility index (Phi) is 5.06. The van der Waals surface area contributed by atoms with Gasteiger partial charge >= 0.3 is 0 Å². The molecule has 4 heteroatoms. The third-order valence-corrected chi connectivity index (χ3v) is 3.59. The lowest BCUT2D eigenvalue weighted by Crippen LogP contribution is -2.46. The highest BCUT2D eigenvalue weighted by Crippen LogP contribution is 2.27. The normalized spacial score (nSPS) is 27.7. The van der Waals surface area contributed by atoms with Crippen LogP contribution in [0.3, 0.4) is 0 Å². The summed E-state index contributed by atoms with van der Waals surface area (Å²) in [4.78, 5) is 2.35. The second kappa shape index (κ2) is 6.09. The van der Waals surface area contributed by atoms with Gasteiger partial charge in [-0.25, -0.2) is 0 Å². The molecule has 1 rings (SSSR count).